The molecule has 186 valence electrons. The number of likely N-dealkylation sites (tertiary alicyclic amines) is 2. The Morgan fingerprint density at radius 1 is 1.15 bits per heavy atom. The molecular formula is C25H36N4O4S. The number of ether oxygens (including phenoxy) is 1. The van der Waals surface area contributed by atoms with E-state index in [9.17, 15) is 15.0 Å². The highest BCUT2D eigenvalue weighted by Crippen LogP contribution is 2.36. The van der Waals surface area contributed by atoms with Gasteiger partial charge in [0.1, 0.15) is 0 Å². The minimum Gasteiger partial charge on any atom is -0.389 e. The Morgan fingerprint density at radius 3 is 2.53 bits per heavy atom. The van der Waals surface area contributed by atoms with Gasteiger partial charge in [0, 0.05) is 55.5 Å². The Bertz CT molecular complexity index is 992. The number of aromatic amines is 1. The molecule has 0 aliphatic carbocycles. The van der Waals surface area contributed by atoms with Gasteiger partial charge in [-0.05, 0) is 68.5 Å². The second-order valence-electron chi connectivity index (χ2n) is 10.0. The number of hydrogen-bond donors (Lipinski definition) is 4. The summed E-state index contributed by atoms with van der Waals surface area (Å²) in [6, 6.07) is 6.70. The molecule has 2 aromatic rings. The Kier molecular flexibility index (Phi) is 7.09. The lowest BCUT2D eigenvalue weighted by atomic mass is 9.84. The van der Waals surface area contributed by atoms with Crippen LogP contribution >= 0.6 is 12.6 Å². The first-order valence-corrected chi connectivity index (χ1v) is 12.9. The summed E-state index contributed by atoms with van der Waals surface area (Å²) in [6.07, 6.45) is 4.19. The summed E-state index contributed by atoms with van der Waals surface area (Å²) in [5, 5.41) is 22.8. The zero-order chi connectivity index (χ0) is 23.7. The molecule has 3 N–H and O–H groups in total. The summed E-state index contributed by atoms with van der Waals surface area (Å²) in [6.45, 7) is 6.56. The van der Waals surface area contributed by atoms with Gasteiger partial charge in [0.05, 0.1) is 24.9 Å². The van der Waals surface area contributed by atoms with E-state index in [-0.39, 0.29) is 5.24 Å². The Morgan fingerprint density at radius 2 is 1.85 bits per heavy atom. The minimum atomic E-state index is -1.14. The van der Waals surface area contributed by atoms with Gasteiger partial charge in [-0.15, -0.1) is 0 Å². The second-order valence-corrected chi connectivity index (χ2v) is 10.4. The number of fused-ring (bicyclic) bond motifs is 1. The summed E-state index contributed by atoms with van der Waals surface area (Å²) in [5.74, 6) is 0.481. The standard InChI is InChI=1S/C25H36N4O4S/c30-23(25(32)5-9-29(10-6-25)24(31)34)17-27-7-3-18(4-8-27)21-16-26-22-2-1-19(15-20(21)22)28-11-13-33-14-12-28/h1-2,15-16,18,23,26,30,32H,3-14,17H2,(H,31,34). The van der Waals surface area contributed by atoms with Crippen molar-refractivity contribution in [3.8, 4) is 0 Å². The van der Waals surface area contributed by atoms with Gasteiger partial charge in [0.25, 0.3) is 5.24 Å². The van der Waals surface area contributed by atoms with Crippen molar-refractivity contribution in [2.75, 3.05) is 63.9 Å². The van der Waals surface area contributed by atoms with E-state index >= 15 is 0 Å². The molecule has 1 unspecified atom stereocenters. The third-order valence-corrected chi connectivity index (χ3v) is 8.34. The van der Waals surface area contributed by atoms with E-state index in [0.29, 0.717) is 38.4 Å². The van der Waals surface area contributed by atoms with Crippen molar-refractivity contribution < 1.29 is 19.7 Å². The Balaban J connectivity index is 1.19. The molecule has 34 heavy (non-hydrogen) atoms. The van der Waals surface area contributed by atoms with E-state index < -0.39 is 11.7 Å². The molecule has 0 spiro atoms. The van der Waals surface area contributed by atoms with E-state index in [0.717, 1.165) is 52.2 Å². The number of nitrogens with zero attached hydrogens (tertiary/aromatic N) is 3. The van der Waals surface area contributed by atoms with E-state index in [4.69, 9.17) is 4.74 Å². The summed E-state index contributed by atoms with van der Waals surface area (Å²) in [7, 11) is 0. The predicted octanol–water partition coefficient (Wildman–Crippen LogP) is 2.42. The predicted molar refractivity (Wildman–Crippen MR) is 136 cm³/mol. The van der Waals surface area contributed by atoms with Crippen molar-refractivity contribution in [3.63, 3.8) is 0 Å². The topological polar surface area (TPSA) is 92.3 Å². The number of nitrogens with one attached hydrogen (secondary N) is 1. The third kappa shape index (κ3) is 4.95. The van der Waals surface area contributed by atoms with Crippen LogP contribution in [0.1, 0.15) is 37.2 Å². The number of carbonyl (C=O) groups excluding carboxylic acids is 1. The van der Waals surface area contributed by atoms with Crippen LogP contribution in [-0.4, -0.2) is 101 Å². The zero-order valence-corrected chi connectivity index (χ0v) is 20.6. The van der Waals surface area contributed by atoms with E-state index in [2.05, 4.69) is 51.8 Å². The van der Waals surface area contributed by atoms with Gasteiger partial charge < -0.3 is 34.6 Å². The highest BCUT2D eigenvalue weighted by molar-refractivity contribution is 7.96. The van der Waals surface area contributed by atoms with Crippen molar-refractivity contribution in [1.29, 1.82) is 0 Å². The minimum absolute atomic E-state index is 0.270. The lowest BCUT2D eigenvalue weighted by Gasteiger charge is -2.42. The van der Waals surface area contributed by atoms with Crippen LogP contribution < -0.4 is 4.90 Å². The molecule has 0 saturated carbocycles. The molecule has 3 saturated heterocycles. The first-order valence-electron chi connectivity index (χ1n) is 12.5. The Labute approximate surface area is 206 Å². The average molecular weight is 489 g/mol. The van der Waals surface area contributed by atoms with Gasteiger partial charge in [0.2, 0.25) is 0 Å². The lowest BCUT2D eigenvalue weighted by molar-refractivity contribution is -0.113. The number of carbonyl (C=O) groups is 1. The monoisotopic (exact) mass is 488 g/mol. The normalized spacial score (nSPS) is 23.4. The number of benzene rings is 1. The van der Waals surface area contributed by atoms with Crippen LogP contribution in [0.3, 0.4) is 0 Å². The molecule has 3 aliphatic heterocycles. The van der Waals surface area contributed by atoms with Gasteiger partial charge in [-0.25, -0.2) is 0 Å². The molecule has 1 amide bonds. The van der Waals surface area contributed by atoms with Crippen LogP contribution in [0.5, 0.6) is 0 Å². The highest BCUT2D eigenvalue weighted by atomic mass is 32.1. The quantitative estimate of drug-likeness (QED) is 0.483. The zero-order valence-electron chi connectivity index (χ0n) is 19.7. The fourth-order valence-corrected chi connectivity index (χ4v) is 5.95. The van der Waals surface area contributed by atoms with Gasteiger partial charge in [-0.2, -0.15) is 0 Å². The fraction of sp³-hybridized carbons (Fsp3) is 0.640. The molecule has 9 heteroatoms. The number of β-amino-alcohol motifs (C(OH)–C–C–N with tert-alkyl or cyclic N) is 1. The maximum absolute atomic E-state index is 11.4. The number of rotatable bonds is 5. The van der Waals surface area contributed by atoms with Crippen molar-refractivity contribution in [1.82, 2.24) is 14.8 Å². The number of piperidine rings is 2. The first kappa shape index (κ1) is 23.9. The third-order valence-electron chi connectivity index (χ3n) is 8.05. The number of thiol groups is 1. The smallest absolute Gasteiger partial charge is 0.278 e. The number of aliphatic hydroxyl groups is 2. The largest absolute Gasteiger partial charge is 0.389 e. The molecule has 4 heterocycles. The van der Waals surface area contributed by atoms with Crippen LogP contribution in [-0.2, 0) is 4.74 Å². The van der Waals surface area contributed by atoms with Crippen LogP contribution in [0.15, 0.2) is 24.4 Å². The van der Waals surface area contributed by atoms with Gasteiger partial charge in [-0.3, -0.25) is 4.79 Å². The first-order chi connectivity index (χ1) is 16.4. The molecule has 3 aliphatic rings. The lowest BCUT2D eigenvalue weighted by Crippen LogP contribution is -2.55. The Hall–Kier alpha value is -1.78. The van der Waals surface area contributed by atoms with Crippen molar-refractivity contribution in [2.24, 2.45) is 0 Å². The summed E-state index contributed by atoms with van der Waals surface area (Å²) < 4.78 is 5.50. The molecule has 0 bridgehead atoms. The highest BCUT2D eigenvalue weighted by Gasteiger charge is 2.40. The van der Waals surface area contributed by atoms with Crippen molar-refractivity contribution >= 4 is 34.5 Å². The number of anilines is 1. The molecule has 1 atom stereocenters. The SMILES string of the molecule is O=C(S)N1CCC(O)(C(O)CN2CCC(c3c[nH]c4ccc(N5CCOCC5)cc34)CC2)CC1. The number of morpholine rings is 1. The van der Waals surface area contributed by atoms with E-state index in [1.165, 1.54) is 22.2 Å². The van der Waals surface area contributed by atoms with Crippen molar-refractivity contribution in [3.05, 3.63) is 30.0 Å². The van der Waals surface area contributed by atoms with Crippen LogP contribution in [0, 0.1) is 0 Å². The van der Waals surface area contributed by atoms with E-state index in [1.807, 2.05) is 0 Å². The molecular weight excluding hydrogens is 452 g/mol. The van der Waals surface area contributed by atoms with Gasteiger partial charge >= 0.3 is 0 Å². The second kappa shape index (κ2) is 10.1. The van der Waals surface area contributed by atoms with Crippen LogP contribution in [0.2, 0.25) is 0 Å². The van der Waals surface area contributed by atoms with Crippen LogP contribution in [0.25, 0.3) is 10.9 Å². The van der Waals surface area contributed by atoms with E-state index in [1.54, 1.807) is 4.90 Å². The molecule has 1 aromatic heterocycles. The fourth-order valence-electron chi connectivity index (χ4n) is 5.75. The summed E-state index contributed by atoms with van der Waals surface area (Å²) in [4.78, 5) is 21.2. The average Bonchev–Trinajstić information content (AvgIpc) is 3.28. The maximum Gasteiger partial charge on any atom is 0.278 e. The summed E-state index contributed by atoms with van der Waals surface area (Å²) >= 11 is 3.87. The number of aromatic nitrogens is 1. The number of aliphatic hydroxyl groups excluding tert-OH is 1. The molecule has 0 radical (unpaired) electrons. The molecule has 3 fully saturated rings. The number of amides is 1. The van der Waals surface area contributed by atoms with Crippen LogP contribution in [0.4, 0.5) is 10.5 Å². The number of H-pyrrole nitrogens is 1. The van der Waals surface area contributed by atoms with Gasteiger partial charge in [0.15, 0.2) is 0 Å². The van der Waals surface area contributed by atoms with Gasteiger partial charge in [-0.1, -0.05) is 12.6 Å². The summed E-state index contributed by atoms with van der Waals surface area (Å²) in [5.41, 5.74) is 2.69. The molecule has 8 nitrogen and oxygen atoms in total. The molecule has 5 rings (SSSR count). The number of hydrogen-bond acceptors (Lipinski definition) is 6. The molecule has 1 aromatic carbocycles. The maximum atomic E-state index is 11.4. The van der Waals surface area contributed by atoms with Crippen molar-refractivity contribution in [2.45, 2.75) is 43.3 Å².